The van der Waals surface area contributed by atoms with Crippen LogP contribution in [-0.2, 0) is 0 Å². The largest absolute Gasteiger partial charge is 0.493 e. The lowest BCUT2D eigenvalue weighted by Crippen LogP contribution is -1.96. The van der Waals surface area contributed by atoms with Gasteiger partial charge in [0.15, 0.2) is 11.5 Å². The Kier molecular flexibility index (Phi) is 5.68. The van der Waals surface area contributed by atoms with Crippen molar-refractivity contribution in [2.45, 2.75) is 6.92 Å². The van der Waals surface area contributed by atoms with Crippen LogP contribution < -0.4 is 19.5 Å². The molecule has 1 N–H and O–H groups in total. The zero-order chi connectivity index (χ0) is 17.5. The molecular formula is C17H19N3O4. The van der Waals surface area contributed by atoms with Crippen LogP contribution in [-0.4, -0.2) is 32.9 Å². The number of hydrogen-bond donors (Lipinski definition) is 1. The predicted octanol–water partition coefficient (Wildman–Crippen LogP) is 3.17. The Morgan fingerprint density at radius 3 is 2.33 bits per heavy atom. The van der Waals surface area contributed by atoms with Crippen molar-refractivity contribution in [3.05, 3.63) is 29.3 Å². The van der Waals surface area contributed by atoms with Gasteiger partial charge in [-0.25, -0.2) is 0 Å². The molecule has 0 aliphatic rings. The Bertz CT molecular complexity index is 750. The lowest BCUT2D eigenvalue weighted by Gasteiger charge is -2.12. The van der Waals surface area contributed by atoms with Gasteiger partial charge in [-0.15, -0.1) is 0 Å². The monoisotopic (exact) mass is 329 g/mol. The van der Waals surface area contributed by atoms with Crippen molar-refractivity contribution in [1.29, 1.82) is 5.26 Å². The number of nitrogens with zero attached hydrogens (tertiary/aromatic N) is 2. The minimum absolute atomic E-state index is 0.224. The number of nitriles is 1. The maximum Gasteiger partial charge on any atom is 0.232 e. The first-order valence-corrected chi connectivity index (χ1v) is 7.29. The molecule has 0 saturated heterocycles. The molecule has 0 amide bonds. The lowest BCUT2D eigenvalue weighted by atomic mass is 10.1. The lowest BCUT2D eigenvalue weighted by molar-refractivity contribution is 0.324. The molecule has 2 aromatic rings. The molecule has 24 heavy (non-hydrogen) atoms. The summed E-state index contributed by atoms with van der Waals surface area (Å²) in [6.45, 7) is 2.55. The van der Waals surface area contributed by atoms with Crippen LogP contribution in [0.1, 0.15) is 24.1 Å². The molecule has 0 atom stereocenters. The summed E-state index contributed by atoms with van der Waals surface area (Å²) in [6.07, 6.45) is 3.45. The van der Waals surface area contributed by atoms with Crippen LogP contribution in [0.25, 0.3) is 12.2 Å². The molecule has 7 heteroatoms. The minimum atomic E-state index is 0.224. The number of anilines is 1. The maximum absolute atomic E-state index is 9.05. The average Bonchev–Trinajstić information content (AvgIpc) is 3.01. The van der Waals surface area contributed by atoms with Crippen LogP contribution in [0.2, 0.25) is 0 Å². The summed E-state index contributed by atoms with van der Waals surface area (Å²) < 4.78 is 21.4. The Hall–Kier alpha value is -3.14. The van der Waals surface area contributed by atoms with Gasteiger partial charge in [0, 0.05) is 12.6 Å². The minimum Gasteiger partial charge on any atom is -0.493 e. The molecular weight excluding hydrogens is 310 g/mol. The summed E-state index contributed by atoms with van der Waals surface area (Å²) in [5.41, 5.74) is 1.03. The van der Waals surface area contributed by atoms with E-state index in [-0.39, 0.29) is 5.69 Å². The molecule has 0 unspecified atom stereocenters. The highest BCUT2D eigenvalue weighted by Crippen LogP contribution is 2.38. The fraction of sp³-hybridized carbons (Fsp3) is 0.294. The van der Waals surface area contributed by atoms with Gasteiger partial charge in [-0.05, 0) is 30.7 Å². The second kappa shape index (κ2) is 7.92. The predicted molar refractivity (Wildman–Crippen MR) is 90.4 cm³/mol. The van der Waals surface area contributed by atoms with Crippen LogP contribution in [0, 0.1) is 11.3 Å². The van der Waals surface area contributed by atoms with Gasteiger partial charge in [-0.3, -0.25) is 0 Å². The van der Waals surface area contributed by atoms with E-state index in [2.05, 4.69) is 10.3 Å². The van der Waals surface area contributed by atoms with E-state index >= 15 is 0 Å². The zero-order valence-electron chi connectivity index (χ0n) is 14.0. The second-order valence-electron chi connectivity index (χ2n) is 4.66. The molecule has 0 saturated carbocycles. The van der Waals surface area contributed by atoms with E-state index in [9.17, 15) is 0 Å². The Morgan fingerprint density at radius 2 is 1.83 bits per heavy atom. The SMILES string of the molecule is CCNc1oc(/C=C/c2cc(OC)c(OC)c(OC)c2)nc1C#N. The van der Waals surface area contributed by atoms with E-state index in [0.29, 0.717) is 35.6 Å². The molecule has 2 rings (SSSR count). The van der Waals surface area contributed by atoms with Gasteiger partial charge in [0.2, 0.25) is 23.2 Å². The average molecular weight is 329 g/mol. The summed E-state index contributed by atoms with van der Waals surface area (Å²) in [4.78, 5) is 4.12. The third-order valence-corrected chi connectivity index (χ3v) is 3.19. The number of benzene rings is 1. The zero-order valence-corrected chi connectivity index (χ0v) is 14.0. The molecule has 0 spiro atoms. The fourth-order valence-corrected chi connectivity index (χ4v) is 2.13. The first kappa shape index (κ1) is 17.2. The molecule has 0 fully saturated rings. The van der Waals surface area contributed by atoms with E-state index in [1.165, 1.54) is 0 Å². The number of rotatable bonds is 7. The molecule has 0 aliphatic carbocycles. The smallest absolute Gasteiger partial charge is 0.232 e. The molecule has 1 heterocycles. The van der Waals surface area contributed by atoms with Crippen LogP contribution in [0.3, 0.4) is 0 Å². The molecule has 1 aromatic heterocycles. The van der Waals surface area contributed by atoms with E-state index in [1.807, 2.05) is 13.0 Å². The summed E-state index contributed by atoms with van der Waals surface area (Å²) in [6, 6.07) is 5.60. The van der Waals surface area contributed by atoms with Gasteiger partial charge in [-0.2, -0.15) is 10.2 Å². The molecule has 0 bridgehead atoms. The third kappa shape index (κ3) is 3.60. The van der Waals surface area contributed by atoms with Gasteiger partial charge < -0.3 is 23.9 Å². The number of aromatic nitrogens is 1. The number of ether oxygens (including phenoxy) is 3. The standard InChI is InChI=1S/C17H19N3O4/c1-5-19-17-12(10-18)20-15(24-17)7-6-11-8-13(21-2)16(23-4)14(9-11)22-3/h6-9,19H,5H2,1-4H3/b7-6+. The topological polar surface area (TPSA) is 89.5 Å². The first-order chi connectivity index (χ1) is 11.7. The fourth-order valence-electron chi connectivity index (χ4n) is 2.13. The number of hydrogen-bond acceptors (Lipinski definition) is 7. The van der Waals surface area contributed by atoms with Gasteiger partial charge >= 0.3 is 0 Å². The van der Waals surface area contributed by atoms with E-state index in [0.717, 1.165) is 5.56 Å². The first-order valence-electron chi connectivity index (χ1n) is 7.29. The van der Waals surface area contributed by atoms with E-state index < -0.39 is 0 Å². The van der Waals surface area contributed by atoms with Crippen molar-refractivity contribution in [1.82, 2.24) is 4.98 Å². The summed E-state index contributed by atoms with van der Waals surface area (Å²) >= 11 is 0. The Labute approximate surface area is 140 Å². The van der Waals surface area contributed by atoms with Gasteiger partial charge in [0.25, 0.3) is 0 Å². The van der Waals surface area contributed by atoms with Crippen LogP contribution in [0.15, 0.2) is 16.5 Å². The number of nitrogens with one attached hydrogen (secondary N) is 1. The second-order valence-corrected chi connectivity index (χ2v) is 4.66. The number of methoxy groups -OCH3 is 3. The van der Waals surface area contributed by atoms with E-state index in [4.69, 9.17) is 23.9 Å². The summed E-state index contributed by atoms with van der Waals surface area (Å²) in [5, 5.41) is 12.0. The van der Waals surface area contributed by atoms with Crippen molar-refractivity contribution in [3.63, 3.8) is 0 Å². The van der Waals surface area contributed by atoms with Gasteiger partial charge in [-0.1, -0.05) is 0 Å². The molecule has 1 aromatic carbocycles. The molecule has 126 valence electrons. The Morgan fingerprint density at radius 1 is 1.17 bits per heavy atom. The summed E-state index contributed by atoms with van der Waals surface area (Å²) in [5.74, 6) is 2.32. The van der Waals surface area contributed by atoms with E-state index in [1.54, 1.807) is 45.6 Å². The van der Waals surface area contributed by atoms with Crippen LogP contribution in [0.5, 0.6) is 17.2 Å². The quantitative estimate of drug-likeness (QED) is 0.834. The third-order valence-electron chi connectivity index (χ3n) is 3.19. The highest BCUT2D eigenvalue weighted by molar-refractivity contribution is 5.71. The van der Waals surface area contributed by atoms with Crippen molar-refractivity contribution in [3.8, 4) is 23.3 Å². The normalized spacial score (nSPS) is 10.5. The summed E-state index contributed by atoms with van der Waals surface area (Å²) in [7, 11) is 4.66. The van der Waals surface area contributed by atoms with Gasteiger partial charge in [0.1, 0.15) is 6.07 Å². The molecule has 7 nitrogen and oxygen atoms in total. The molecule has 0 radical (unpaired) electrons. The highest BCUT2D eigenvalue weighted by Gasteiger charge is 2.13. The van der Waals surface area contributed by atoms with Crippen LogP contribution in [0.4, 0.5) is 5.88 Å². The maximum atomic E-state index is 9.05. The highest BCUT2D eigenvalue weighted by atomic mass is 16.5. The molecule has 0 aliphatic heterocycles. The van der Waals surface area contributed by atoms with Gasteiger partial charge in [0.05, 0.1) is 21.3 Å². The number of oxazole rings is 1. The Balaban J connectivity index is 2.34. The van der Waals surface area contributed by atoms with Crippen molar-refractivity contribution >= 4 is 18.0 Å². The van der Waals surface area contributed by atoms with Crippen molar-refractivity contribution in [2.24, 2.45) is 0 Å². The van der Waals surface area contributed by atoms with Crippen LogP contribution >= 0.6 is 0 Å². The van der Waals surface area contributed by atoms with Crippen molar-refractivity contribution < 1.29 is 18.6 Å². The van der Waals surface area contributed by atoms with Crippen molar-refractivity contribution in [2.75, 3.05) is 33.2 Å².